The minimum atomic E-state index is 0.926. The molecular weight excluding hydrogens is 146 g/mol. The molecule has 12 heavy (non-hydrogen) atoms. The zero-order valence-electron chi connectivity index (χ0n) is 7.76. The molecule has 0 aromatic carbocycles. The van der Waals surface area contributed by atoms with Crippen LogP contribution in [0, 0.1) is 17.8 Å². The Balaban J connectivity index is 1.42. The van der Waals surface area contributed by atoms with E-state index in [1.165, 1.54) is 38.6 Å². The van der Waals surface area contributed by atoms with Crippen molar-refractivity contribution in [2.45, 2.75) is 44.6 Å². The minimum absolute atomic E-state index is 0.926. The third kappa shape index (κ3) is 1.19. The summed E-state index contributed by atoms with van der Waals surface area (Å²) in [4.78, 5) is 0. The lowest BCUT2D eigenvalue weighted by atomic mass is 9.85. The number of rotatable bonds is 3. The molecule has 3 fully saturated rings. The van der Waals surface area contributed by atoms with Crippen molar-refractivity contribution in [2.24, 2.45) is 17.8 Å². The van der Waals surface area contributed by atoms with Crippen LogP contribution >= 0.6 is 0 Å². The molecule has 68 valence electrons. The topological polar surface area (TPSA) is 12.0 Å². The first-order valence-corrected chi connectivity index (χ1v) is 5.67. The molecule has 0 saturated heterocycles. The summed E-state index contributed by atoms with van der Waals surface area (Å²) >= 11 is 0. The van der Waals surface area contributed by atoms with Crippen LogP contribution in [0.25, 0.3) is 0 Å². The Kier molecular flexibility index (Phi) is 1.68. The highest BCUT2D eigenvalue weighted by Gasteiger charge is 2.47. The van der Waals surface area contributed by atoms with Gasteiger partial charge < -0.3 is 5.32 Å². The Hall–Kier alpha value is -0.0400. The number of hydrogen-bond donors (Lipinski definition) is 1. The summed E-state index contributed by atoms with van der Waals surface area (Å²) in [5.41, 5.74) is 0. The first-order chi connectivity index (χ1) is 5.93. The molecule has 3 saturated carbocycles. The molecule has 0 bridgehead atoms. The highest BCUT2D eigenvalue weighted by Crippen LogP contribution is 2.51. The molecule has 1 nitrogen and oxygen atoms in total. The van der Waals surface area contributed by atoms with E-state index in [2.05, 4.69) is 5.32 Å². The smallest absolute Gasteiger partial charge is 0.00982 e. The lowest BCUT2D eigenvalue weighted by molar-refractivity contribution is 0.284. The quantitative estimate of drug-likeness (QED) is 0.676. The molecule has 3 atom stereocenters. The average Bonchev–Trinajstić information content (AvgIpc) is 2.66. The van der Waals surface area contributed by atoms with Crippen molar-refractivity contribution in [3.63, 3.8) is 0 Å². The molecule has 0 spiro atoms. The zero-order chi connectivity index (χ0) is 7.97. The van der Waals surface area contributed by atoms with Gasteiger partial charge in [-0.05, 0) is 56.4 Å². The molecule has 3 aliphatic carbocycles. The molecule has 0 heterocycles. The molecule has 0 aromatic rings. The normalized spacial score (nSPS) is 45.5. The molecule has 3 aliphatic rings. The number of nitrogens with one attached hydrogen (secondary N) is 1. The lowest BCUT2D eigenvalue weighted by Gasteiger charge is -2.27. The summed E-state index contributed by atoms with van der Waals surface area (Å²) < 4.78 is 0. The van der Waals surface area contributed by atoms with E-state index in [1.807, 2.05) is 0 Å². The molecule has 3 unspecified atom stereocenters. The van der Waals surface area contributed by atoms with Crippen molar-refractivity contribution in [2.75, 3.05) is 6.54 Å². The van der Waals surface area contributed by atoms with Crippen molar-refractivity contribution in [1.29, 1.82) is 0 Å². The van der Waals surface area contributed by atoms with E-state index in [1.54, 1.807) is 6.42 Å². The molecule has 1 N–H and O–H groups in total. The average molecular weight is 165 g/mol. The second-order valence-electron chi connectivity index (χ2n) is 5.05. The molecule has 0 amide bonds. The summed E-state index contributed by atoms with van der Waals surface area (Å²) in [6, 6.07) is 0.926. The van der Waals surface area contributed by atoms with Crippen LogP contribution in [0.4, 0.5) is 0 Å². The minimum Gasteiger partial charge on any atom is -0.313 e. The van der Waals surface area contributed by atoms with Crippen molar-refractivity contribution >= 4 is 0 Å². The third-order valence-electron chi connectivity index (χ3n) is 4.24. The van der Waals surface area contributed by atoms with Gasteiger partial charge in [0.25, 0.3) is 0 Å². The van der Waals surface area contributed by atoms with Gasteiger partial charge in [-0.15, -0.1) is 0 Å². The number of fused-ring (bicyclic) bond motifs is 1. The SMILES string of the molecule is C1CC(CNC2CCC3CC32)C1. The van der Waals surface area contributed by atoms with Gasteiger partial charge in [-0.2, -0.15) is 0 Å². The van der Waals surface area contributed by atoms with Crippen molar-refractivity contribution < 1.29 is 0 Å². The fraction of sp³-hybridized carbons (Fsp3) is 1.00. The lowest BCUT2D eigenvalue weighted by Crippen LogP contribution is -2.35. The van der Waals surface area contributed by atoms with Crippen LogP contribution in [-0.2, 0) is 0 Å². The first-order valence-electron chi connectivity index (χ1n) is 5.67. The monoisotopic (exact) mass is 165 g/mol. The molecule has 0 radical (unpaired) electrons. The summed E-state index contributed by atoms with van der Waals surface area (Å²) in [7, 11) is 0. The summed E-state index contributed by atoms with van der Waals surface area (Å²) in [6.45, 7) is 1.33. The Labute approximate surface area is 74.9 Å². The van der Waals surface area contributed by atoms with Crippen LogP contribution in [0.15, 0.2) is 0 Å². The Bertz CT molecular complexity index is 174. The van der Waals surface area contributed by atoms with Crippen LogP contribution in [0.5, 0.6) is 0 Å². The molecule has 0 aromatic heterocycles. The van der Waals surface area contributed by atoms with E-state index in [0.29, 0.717) is 0 Å². The van der Waals surface area contributed by atoms with Gasteiger partial charge >= 0.3 is 0 Å². The maximum atomic E-state index is 3.77. The van der Waals surface area contributed by atoms with Gasteiger partial charge in [0, 0.05) is 6.04 Å². The second-order valence-corrected chi connectivity index (χ2v) is 5.05. The van der Waals surface area contributed by atoms with Gasteiger partial charge in [-0.25, -0.2) is 0 Å². The first kappa shape index (κ1) is 7.37. The highest BCUT2D eigenvalue weighted by atomic mass is 14.9. The molecule has 1 heteroatoms. The van der Waals surface area contributed by atoms with Crippen molar-refractivity contribution in [3.8, 4) is 0 Å². The predicted molar refractivity (Wildman–Crippen MR) is 50.0 cm³/mol. The van der Waals surface area contributed by atoms with E-state index in [9.17, 15) is 0 Å². The van der Waals surface area contributed by atoms with Crippen molar-refractivity contribution in [3.05, 3.63) is 0 Å². The second kappa shape index (κ2) is 2.73. The fourth-order valence-electron chi connectivity index (χ4n) is 2.97. The van der Waals surface area contributed by atoms with E-state index < -0.39 is 0 Å². The van der Waals surface area contributed by atoms with E-state index in [4.69, 9.17) is 0 Å². The third-order valence-corrected chi connectivity index (χ3v) is 4.24. The Morgan fingerprint density at radius 2 is 2.00 bits per heavy atom. The maximum Gasteiger partial charge on any atom is 0.00982 e. The molecule has 0 aliphatic heterocycles. The zero-order valence-corrected chi connectivity index (χ0v) is 7.76. The maximum absolute atomic E-state index is 3.77. The van der Waals surface area contributed by atoms with Crippen LogP contribution in [0.1, 0.15) is 38.5 Å². The summed E-state index contributed by atoms with van der Waals surface area (Å²) in [5.74, 6) is 3.29. The standard InChI is InChI=1S/C11H19N/c1-2-8(3-1)7-12-11-5-4-9-6-10(9)11/h8-12H,1-7H2. The fourth-order valence-corrected chi connectivity index (χ4v) is 2.97. The van der Waals surface area contributed by atoms with Crippen LogP contribution in [0.2, 0.25) is 0 Å². The van der Waals surface area contributed by atoms with Crippen LogP contribution in [-0.4, -0.2) is 12.6 Å². The predicted octanol–water partition coefficient (Wildman–Crippen LogP) is 2.17. The molecule has 3 rings (SSSR count). The van der Waals surface area contributed by atoms with E-state index in [-0.39, 0.29) is 0 Å². The van der Waals surface area contributed by atoms with Gasteiger partial charge in [0.15, 0.2) is 0 Å². The molecular formula is C11H19N. The van der Waals surface area contributed by atoms with Crippen LogP contribution in [0.3, 0.4) is 0 Å². The van der Waals surface area contributed by atoms with Gasteiger partial charge in [-0.1, -0.05) is 6.42 Å². The van der Waals surface area contributed by atoms with E-state index in [0.717, 1.165) is 23.8 Å². The van der Waals surface area contributed by atoms with Gasteiger partial charge in [-0.3, -0.25) is 0 Å². The van der Waals surface area contributed by atoms with E-state index >= 15 is 0 Å². The number of hydrogen-bond acceptors (Lipinski definition) is 1. The summed E-state index contributed by atoms with van der Waals surface area (Å²) in [5, 5.41) is 3.77. The Morgan fingerprint density at radius 3 is 2.50 bits per heavy atom. The van der Waals surface area contributed by atoms with Gasteiger partial charge in [0.05, 0.1) is 0 Å². The van der Waals surface area contributed by atoms with Crippen LogP contribution < -0.4 is 5.32 Å². The van der Waals surface area contributed by atoms with Gasteiger partial charge in [0.1, 0.15) is 0 Å². The largest absolute Gasteiger partial charge is 0.313 e. The summed E-state index contributed by atoms with van der Waals surface area (Å²) in [6.07, 6.45) is 9.02. The van der Waals surface area contributed by atoms with Gasteiger partial charge in [0.2, 0.25) is 0 Å². The van der Waals surface area contributed by atoms with Crippen molar-refractivity contribution in [1.82, 2.24) is 5.32 Å². The highest BCUT2D eigenvalue weighted by molar-refractivity contribution is 5.01. The Morgan fingerprint density at radius 1 is 1.08 bits per heavy atom.